The van der Waals surface area contributed by atoms with E-state index >= 15 is 0 Å². The Bertz CT molecular complexity index is 633. The van der Waals surface area contributed by atoms with Gasteiger partial charge in [-0.2, -0.15) is 0 Å². The van der Waals surface area contributed by atoms with Crippen molar-refractivity contribution in [2.45, 2.75) is 31.7 Å². The van der Waals surface area contributed by atoms with E-state index < -0.39 is 5.54 Å². The predicted octanol–water partition coefficient (Wildman–Crippen LogP) is 1.65. The summed E-state index contributed by atoms with van der Waals surface area (Å²) < 4.78 is 5.19. The fourth-order valence-corrected chi connectivity index (χ4v) is 2.57. The fraction of sp³-hybridized carbons (Fsp3) is 0.467. The summed E-state index contributed by atoms with van der Waals surface area (Å²) in [7, 11) is 0. The van der Waals surface area contributed by atoms with E-state index in [1.807, 2.05) is 31.2 Å². The van der Waals surface area contributed by atoms with E-state index in [4.69, 9.17) is 4.52 Å². The Kier molecular flexibility index (Phi) is 3.22. The van der Waals surface area contributed by atoms with Gasteiger partial charge in [-0.05, 0) is 37.8 Å². The van der Waals surface area contributed by atoms with Crippen LogP contribution in [0.3, 0.4) is 0 Å². The molecule has 1 aliphatic carbocycles. The molecule has 0 spiro atoms. The largest absolute Gasteiger partial charge is 0.394 e. The summed E-state index contributed by atoms with van der Waals surface area (Å²) >= 11 is 0. The van der Waals surface area contributed by atoms with Crippen molar-refractivity contribution in [3.63, 3.8) is 0 Å². The molecule has 1 fully saturated rings. The molecule has 1 saturated carbocycles. The lowest BCUT2D eigenvalue weighted by atomic mass is 9.96. The lowest BCUT2D eigenvalue weighted by Gasteiger charge is -2.28. The quantitative estimate of drug-likeness (QED) is 0.869. The number of nitrogens with zero attached hydrogens (tertiary/aromatic N) is 1. The van der Waals surface area contributed by atoms with Crippen LogP contribution in [0.25, 0.3) is 11.0 Å². The second kappa shape index (κ2) is 4.90. The van der Waals surface area contributed by atoms with Crippen LogP contribution >= 0.6 is 0 Å². The first-order chi connectivity index (χ1) is 9.62. The summed E-state index contributed by atoms with van der Waals surface area (Å²) in [6.45, 7) is 1.85. The number of benzene rings is 1. The van der Waals surface area contributed by atoms with Crippen LogP contribution in [-0.2, 0) is 11.2 Å². The van der Waals surface area contributed by atoms with Gasteiger partial charge in [0, 0.05) is 5.39 Å². The summed E-state index contributed by atoms with van der Waals surface area (Å²) in [5.41, 5.74) is 0.799. The SMILES string of the molecule is CC(CO)(NC(=O)Cc1noc2ccccc12)C1CC1. The van der Waals surface area contributed by atoms with Crippen molar-refractivity contribution in [2.75, 3.05) is 6.61 Å². The summed E-state index contributed by atoms with van der Waals surface area (Å²) in [4.78, 5) is 12.2. The zero-order chi connectivity index (χ0) is 14.2. The van der Waals surface area contributed by atoms with Crippen LogP contribution in [0.2, 0.25) is 0 Å². The Morgan fingerprint density at radius 1 is 1.50 bits per heavy atom. The highest BCUT2D eigenvalue weighted by Gasteiger charge is 2.42. The van der Waals surface area contributed by atoms with Gasteiger partial charge < -0.3 is 14.9 Å². The second-order valence-electron chi connectivity index (χ2n) is 5.70. The first kappa shape index (κ1) is 13.1. The normalized spacial score (nSPS) is 17.9. The van der Waals surface area contributed by atoms with Crippen molar-refractivity contribution >= 4 is 16.9 Å². The van der Waals surface area contributed by atoms with Crippen LogP contribution in [0, 0.1) is 5.92 Å². The summed E-state index contributed by atoms with van der Waals surface area (Å²) in [6.07, 6.45) is 2.29. The van der Waals surface area contributed by atoms with Gasteiger partial charge in [-0.3, -0.25) is 4.79 Å². The molecular weight excluding hydrogens is 256 g/mol. The Morgan fingerprint density at radius 2 is 2.25 bits per heavy atom. The molecule has 1 aromatic heterocycles. The molecule has 0 aliphatic heterocycles. The van der Waals surface area contributed by atoms with Gasteiger partial charge in [-0.15, -0.1) is 0 Å². The molecule has 20 heavy (non-hydrogen) atoms. The Morgan fingerprint density at radius 3 is 2.95 bits per heavy atom. The molecule has 5 heteroatoms. The zero-order valence-electron chi connectivity index (χ0n) is 11.4. The van der Waals surface area contributed by atoms with Gasteiger partial charge in [0.1, 0.15) is 5.69 Å². The molecule has 0 radical (unpaired) electrons. The molecule has 0 bridgehead atoms. The minimum Gasteiger partial charge on any atom is -0.394 e. The van der Waals surface area contributed by atoms with Crippen LogP contribution in [-0.4, -0.2) is 28.3 Å². The molecule has 1 atom stereocenters. The number of rotatable bonds is 5. The van der Waals surface area contributed by atoms with Crippen molar-refractivity contribution in [2.24, 2.45) is 5.92 Å². The van der Waals surface area contributed by atoms with Crippen molar-refractivity contribution in [3.8, 4) is 0 Å². The van der Waals surface area contributed by atoms with Crippen molar-refractivity contribution in [1.29, 1.82) is 0 Å². The number of hydrogen-bond acceptors (Lipinski definition) is 4. The predicted molar refractivity (Wildman–Crippen MR) is 74.1 cm³/mol. The molecule has 106 valence electrons. The van der Waals surface area contributed by atoms with E-state index in [9.17, 15) is 9.90 Å². The van der Waals surface area contributed by atoms with E-state index in [-0.39, 0.29) is 18.9 Å². The minimum absolute atomic E-state index is 0.0387. The van der Waals surface area contributed by atoms with Gasteiger partial charge in [-0.1, -0.05) is 17.3 Å². The highest BCUT2D eigenvalue weighted by atomic mass is 16.5. The first-order valence-electron chi connectivity index (χ1n) is 6.87. The average molecular weight is 274 g/mol. The van der Waals surface area contributed by atoms with Gasteiger partial charge >= 0.3 is 0 Å². The standard InChI is InChI=1S/C15H18N2O3/c1-15(9-18,10-6-7-10)16-14(19)8-12-11-4-2-3-5-13(11)20-17-12/h2-5,10,18H,6-9H2,1H3,(H,16,19). The third kappa shape index (κ3) is 2.41. The molecule has 2 aromatic rings. The Balaban J connectivity index is 1.72. The number of carbonyl (C=O) groups is 1. The topological polar surface area (TPSA) is 75.4 Å². The number of hydrogen-bond donors (Lipinski definition) is 2. The van der Waals surface area contributed by atoms with E-state index in [1.54, 1.807) is 0 Å². The monoisotopic (exact) mass is 274 g/mol. The third-order valence-electron chi connectivity index (χ3n) is 4.01. The van der Waals surface area contributed by atoms with E-state index in [2.05, 4.69) is 10.5 Å². The highest BCUT2D eigenvalue weighted by Crippen LogP contribution is 2.39. The summed E-state index contributed by atoms with van der Waals surface area (Å²) in [5.74, 6) is 0.248. The number of aliphatic hydroxyl groups is 1. The average Bonchev–Trinajstić information content (AvgIpc) is 3.23. The maximum absolute atomic E-state index is 12.2. The van der Waals surface area contributed by atoms with Crippen molar-refractivity contribution < 1.29 is 14.4 Å². The van der Waals surface area contributed by atoms with Crippen LogP contribution in [0.4, 0.5) is 0 Å². The number of aliphatic hydroxyl groups excluding tert-OH is 1. The fourth-order valence-electron chi connectivity index (χ4n) is 2.57. The Labute approximate surface area is 116 Å². The molecule has 1 heterocycles. The van der Waals surface area contributed by atoms with E-state index in [0.29, 0.717) is 17.2 Å². The minimum atomic E-state index is -0.517. The molecule has 5 nitrogen and oxygen atoms in total. The molecule has 0 saturated heterocycles. The summed E-state index contributed by atoms with van der Waals surface area (Å²) in [5, 5.41) is 17.2. The van der Waals surface area contributed by atoms with Crippen molar-refractivity contribution in [1.82, 2.24) is 10.5 Å². The lowest BCUT2D eigenvalue weighted by molar-refractivity contribution is -0.123. The highest BCUT2D eigenvalue weighted by molar-refractivity contribution is 5.86. The molecule has 1 aliphatic rings. The van der Waals surface area contributed by atoms with Gasteiger partial charge in [-0.25, -0.2) is 0 Å². The van der Waals surface area contributed by atoms with Crippen molar-refractivity contribution in [3.05, 3.63) is 30.0 Å². The van der Waals surface area contributed by atoms with Crippen LogP contribution in [0.5, 0.6) is 0 Å². The second-order valence-corrected chi connectivity index (χ2v) is 5.70. The molecule has 1 unspecified atom stereocenters. The maximum atomic E-state index is 12.2. The molecule has 1 amide bonds. The van der Waals surface area contributed by atoms with Gasteiger partial charge in [0.15, 0.2) is 5.58 Å². The van der Waals surface area contributed by atoms with Gasteiger partial charge in [0.05, 0.1) is 18.6 Å². The molecule has 2 N–H and O–H groups in total. The molecule has 3 rings (SSSR count). The maximum Gasteiger partial charge on any atom is 0.226 e. The smallest absolute Gasteiger partial charge is 0.226 e. The first-order valence-corrected chi connectivity index (χ1v) is 6.87. The van der Waals surface area contributed by atoms with Crippen LogP contribution < -0.4 is 5.32 Å². The van der Waals surface area contributed by atoms with E-state index in [1.165, 1.54) is 0 Å². The zero-order valence-corrected chi connectivity index (χ0v) is 11.4. The van der Waals surface area contributed by atoms with Crippen LogP contribution in [0.15, 0.2) is 28.8 Å². The molecule has 1 aromatic carbocycles. The van der Waals surface area contributed by atoms with E-state index in [0.717, 1.165) is 18.2 Å². The molecular formula is C15H18N2O3. The van der Waals surface area contributed by atoms with Crippen LogP contribution in [0.1, 0.15) is 25.5 Å². The number of aromatic nitrogens is 1. The number of nitrogens with one attached hydrogen (secondary N) is 1. The number of fused-ring (bicyclic) bond motifs is 1. The number of para-hydroxylation sites is 1. The van der Waals surface area contributed by atoms with Gasteiger partial charge in [0.25, 0.3) is 0 Å². The Hall–Kier alpha value is -1.88. The number of amides is 1. The summed E-state index contributed by atoms with van der Waals surface area (Å²) in [6, 6.07) is 7.47. The lowest BCUT2D eigenvalue weighted by Crippen LogP contribution is -2.51. The van der Waals surface area contributed by atoms with Gasteiger partial charge in [0.2, 0.25) is 5.91 Å². The third-order valence-corrected chi connectivity index (χ3v) is 4.01. The number of carbonyl (C=O) groups excluding carboxylic acids is 1.